The minimum atomic E-state index is -0.698. The van der Waals surface area contributed by atoms with Crippen LogP contribution in [0.5, 0.6) is 0 Å². The highest BCUT2D eigenvalue weighted by atomic mass is 35.5. The SMILES string of the molecule is Nc1ccc(CCNC(=O)C2CCN(c3cc(Cl)ccc3Cl)C2=O)cc1. The highest BCUT2D eigenvalue weighted by molar-refractivity contribution is 6.36. The highest BCUT2D eigenvalue weighted by Gasteiger charge is 2.38. The Kier molecular flexibility index (Phi) is 5.69. The second-order valence-electron chi connectivity index (χ2n) is 6.21. The van der Waals surface area contributed by atoms with Gasteiger partial charge in [-0.15, -0.1) is 0 Å². The number of amides is 2. The topological polar surface area (TPSA) is 75.4 Å². The van der Waals surface area contributed by atoms with E-state index in [-0.39, 0.29) is 11.8 Å². The summed E-state index contributed by atoms with van der Waals surface area (Å²) < 4.78 is 0. The molecule has 7 heteroatoms. The zero-order chi connectivity index (χ0) is 18.7. The Morgan fingerprint density at radius 3 is 2.65 bits per heavy atom. The first kappa shape index (κ1) is 18.5. The van der Waals surface area contributed by atoms with Crippen LogP contribution in [0.3, 0.4) is 0 Å². The molecule has 2 aromatic carbocycles. The van der Waals surface area contributed by atoms with Crippen molar-refractivity contribution in [3.8, 4) is 0 Å². The second kappa shape index (κ2) is 7.98. The van der Waals surface area contributed by atoms with E-state index in [2.05, 4.69) is 5.32 Å². The molecule has 0 saturated carbocycles. The number of nitrogen functional groups attached to an aromatic ring is 1. The van der Waals surface area contributed by atoms with Crippen molar-refractivity contribution >= 4 is 46.4 Å². The quantitative estimate of drug-likeness (QED) is 0.606. The number of halogens is 2. The van der Waals surface area contributed by atoms with Gasteiger partial charge in [0.05, 0.1) is 10.7 Å². The van der Waals surface area contributed by atoms with Crippen LogP contribution in [-0.4, -0.2) is 24.9 Å². The van der Waals surface area contributed by atoms with Gasteiger partial charge in [-0.1, -0.05) is 35.3 Å². The molecule has 2 amide bonds. The number of nitrogens with one attached hydrogen (secondary N) is 1. The van der Waals surface area contributed by atoms with Gasteiger partial charge in [-0.2, -0.15) is 0 Å². The van der Waals surface area contributed by atoms with Crippen molar-refractivity contribution in [2.75, 3.05) is 23.7 Å². The summed E-state index contributed by atoms with van der Waals surface area (Å²) in [5.41, 5.74) is 7.97. The summed E-state index contributed by atoms with van der Waals surface area (Å²) in [5.74, 6) is -1.21. The molecule has 0 radical (unpaired) electrons. The van der Waals surface area contributed by atoms with Crippen LogP contribution in [0.4, 0.5) is 11.4 Å². The smallest absolute Gasteiger partial charge is 0.239 e. The number of rotatable bonds is 5. The minimum absolute atomic E-state index is 0.251. The molecule has 1 atom stereocenters. The summed E-state index contributed by atoms with van der Waals surface area (Å²) >= 11 is 12.2. The predicted molar refractivity (Wildman–Crippen MR) is 104 cm³/mol. The van der Waals surface area contributed by atoms with Crippen LogP contribution < -0.4 is 16.0 Å². The van der Waals surface area contributed by atoms with Crippen molar-refractivity contribution in [2.45, 2.75) is 12.8 Å². The lowest BCUT2D eigenvalue weighted by Crippen LogP contribution is -2.37. The lowest BCUT2D eigenvalue weighted by atomic mass is 10.1. The summed E-state index contributed by atoms with van der Waals surface area (Å²) in [6, 6.07) is 12.4. The standard InChI is InChI=1S/C19H19Cl2N3O2/c20-13-3-6-16(21)17(11-13)24-10-8-15(19(24)26)18(25)23-9-7-12-1-4-14(22)5-2-12/h1-6,11,15H,7-10,22H2,(H,23,25). The molecule has 0 aliphatic carbocycles. The zero-order valence-electron chi connectivity index (χ0n) is 14.0. The van der Waals surface area contributed by atoms with E-state index < -0.39 is 5.92 Å². The van der Waals surface area contributed by atoms with Crippen molar-refractivity contribution < 1.29 is 9.59 Å². The van der Waals surface area contributed by atoms with Crippen LogP contribution in [0, 0.1) is 5.92 Å². The molecule has 1 aliphatic rings. The molecule has 1 heterocycles. The van der Waals surface area contributed by atoms with E-state index >= 15 is 0 Å². The first-order valence-corrected chi connectivity index (χ1v) is 9.10. The van der Waals surface area contributed by atoms with Gasteiger partial charge < -0.3 is 16.0 Å². The van der Waals surface area contributed by atoms with E-state index in [1.807, 2.05) is 24.3 Å². The van der Waals surface area contributed by atoms with Gasteiger partial charge >= 0.3 is 0 Å². The molecule has 26 heavy (non-hydrogen) atoms. The fourth-order valence-corrected chi connectivity index (χ4v) is 3.38. The van der Waals surface area contributed by atoms with Gasteiger partial charge in [0.25, 0.3) is 0 Å². The van der Waals surface area contributed by atoms with Crippen molar-refractivity contribution in [1.29, 1.82) is 0 Å². The van der Waals surface area contributed by atoms with Crippen LogP contribution in [0.2, 0.25) is 10.0 Å². The fourth-order valence-electron chi connectivity index (χ4n) is 2.99. The molecular weight excluding hydrogens is 373 g/mol. The maximum Gasteiger partial charge on any atom is 0.239 e. The van der Waals surface area contributed by atoms with E-state index in [1.54, 1.807) is 18.2 Å². The average molecular weight is 392 g/mol. The second-order valence-corrected chi connectivity index (χ2v) is 7.05. The summed E-state index contributed by atoms with van der Waals surface area (Å²) in [7, 11) is 0. The maximum atomic E-state index is 12.6. The molecule has 3 N–H and O–H groups in total. The summed E-state index contributed by atoms with van der Waals surface area (Å²) in [6.45, 7) is 0.902. The van der Waals surface area contributed by atoms with Gasteiger partial charge in [-0.05, 0) is 48.7 Å². The summed E-state index contributed by atoms with van der Waals surface area (Å²) in [4.78, 5) is 26.5. The van der Waals surface area contributed by atoms with Crippen LogP contribution in [0.1, 0.15) is 12.0 Å². The number of anilines is 2. The van der Waals surface area contributed by atoms with E-state index in [9.17, 15) is 9.59 Å². The summed E-state index contributed by atoms with van der Waals surface area (Å²) in [6.07, 6.45) is 1.13. The predicted octanol–water partition coefficient (Wildman–Crippen LogP) is 3.29. The molecule has 136 valence electrons. The molecule has 2 aromatic rings. The van der Waals surface area contributed by atoms with Crippen LogP contribution >= 0.6 is 23.2 Å². The number of carbonyl (C=O) groups is 2. The highest BCUT2D eigenvalue weighted by Crippen LogP contribution is 2.33. The molecule has 1 unspecified atom stereocenters. The van der Waals surface area contributed by atoms with E-state index in [0.717, 1.165) is 5.56 Å². The number of hydrogen-bond acceptors (Lipinski definition) is 3. The molecule has 3 rings (SSSR count). The Morgan fingerprint density at radius 1 is 1.19 bits per heavy atom. The molecule has 5 nitrogen and oxygen atoms in total. The zero-order valence-corrected chi connectivity index (χ0v) is 15.6. The van der Waals surface area contributed by atoms with Crippen molar-refractivity contribution in [1.82, 2.24) is 5.32 Å². The van der Waals surface area contributed by atoms with Crippen molar-refractivity contribution in [3.05, 3.63) is 58.1 Å². The number of nitrogens with zero attached hydrogens (tertiary/aromatic N) is 1. The van der Waals surface area contributed by atoms with Gasteiger partial charge in [0.15, 0.2) is 0 Å². The third-order valence-electron chi connectivity index (χ3n) is 4.41. The Hall–Kier alpha value is -2.24. The number of nitrogens with two attached hydrogens (primary N) is 1. The van der Waals surface area contributed by atoms with Gasteiger partial charge in [-0.3, -0.25) is 9.59 Å². The Labute approximate surface area is 162 Å². The first-order valence-electron chi connectivity index (χ1n) is 8.34. The van der Waals surface area contributed by atoms with Gasteiger partial charge in [-0.25, -0.2) is 0 Å². The average Bonchev–Trinajstić information content (AvgIpc) is 3.00. The minimum Gasteiger partial charge on any atom is -0.399 e. The van der Waals surface area contributed by atoms with Crippen molar-refractivity contribution in [3.63, 3.8) is 0 Å². The summed E-state index contributed by atoms with van der Waals surface area (Å²) in [5, 5.41) is 3.77. The Morgan fingerprint density at radius 2 is 1.92 bits per heavy atom. The maximum absolute atomic E-state index is 12.6. The van der Waals surface area contributed by atoms with Crippen LogP contribution in [-0.2, 0) is 16.0 Å². The third kappa shape index (κ3) is 4.11. The molecule has 0 bridgehead atoms. The lowest BCUT2D eigenvalue weighted by Gasteiger charge is -2.18. The lowest BCUT2D eigenvalue weighted by molar-refractivity contribution is -0.132. The first-order chi connectivity index (χ1) is 12.5. The van der Waals surface area contributed by atoms with E-state index in [1.165, 1.54) is 4.90 Å². The molecular formula is C19H19Cl2N3O2. The normalized spacial score (nSPS) is 16.8. The molecule has 1 saturated heterocycles. The molecule has 1 fully saturated rings. The molecule has 0 spiro atoms. The van der Waals surface area contributed by atoms with Gasteiger partial charge in [0, 0.05) is 23.8 Å². The van der Waals surface area contributed by atoms with Gasteiger partial charge in [0.1, 0.15) is 5.92 Å². The number of hydrogen-bond donors (Lipinski definition) is 2. The number of benzene rings is 2. The fraction of sp³-hybridized carbons (Fsp3) is 0.263. The largest absolute Gasteiger partial charge is 0.399 e. The monoisotopic (exact) mass is 391 g/mol. The van der Waals surface area contributed by atoms with E-state index in [4.69, 9.17) is 28.9 Å². The number of carbonyl (C=O) groups excluding carboxylic acids is 2. The van der Waals surface area contributed by atoms with E-state index in [0.29, 0.717) is 47.4 Å². The third-order valence-corrected chi connectivity index (χ3v) is 4.97. The van der Waals surface area contributed by atoms with Gasteiger partial charge in [0.2, 0.25) is 11.8 Å². The van der Waals surface area contributed by atoms with Crippen LogP contribution in [0.15, 0.2) is 42.5 Å². The van der Waals surface area contributed by atoms with Crippen LogP contribution in [0.25, 0.3) is 0 Å². The Balaban J connectivity index is 1.58. The molecule has 0 aromatic heterocycles. The molecule has 1 aliphatic heterocycles. The van der Waals surface area contributed by atoms with Crippen molar-refractivity contribution in [2.24, 2.45) is 5.92 Å². The Bertz CT molecular complexity index is 824.